The van der Waals surface area contributed by atoms with Gasteiger partial charge < -0.3 is 23.8 Å². The lowest BCUT2D eigenvalue weighted by molar-refractivity contribution is -0.162. The Bertz CT molecular complexity index is 1100. The van der Waals surface area contributed by atoms with Crippen LogP contribution in [0.5, 0.6) is 0 Å². The second kappa shape index (κ2) is 9.16. The number of carbonyl (C=O) groups is 3. The molecule has 8 heteroatoms. The Hall–Kier alpha value is -3.29. The lowest BCUT2D eigenvalue weighted by Crippen LogP contribution is -2.55. The normalized spacial score (nSPS) is 23.8. The highest BCUT2D eigenvalue weighted by Crippen LogP contribution is 2.55. The van der Waals surface area contributed by atoms with E-state index in [4.69, 9.17) is 13.6 Å². The number of ether oxygens (including phenoxy) is 1. The molecule has 1 aliphatic carbocycles. The molecule has 1 N–H and O–H groups in total. The third-order valence-corrected chi connectivity index (χ3v) is 6.78. The van der Waals surface area contributed by atoms with Crippen LogP contribution in [0.15, 0.2) is 51.1 Å². The van der Waals surface area contributed by atoms with Crippen LogP contribution in [-0.2, 0) is 32.2 Å². The maximum absolute atomic E-state index is 13.6. The van der Waals surface area contributed by atoms with E-state index in [-0.39, 0.29) is 49.1 Å². The smallest absolute Gasteiger partial charge is 0.317 e. The molecule has 2 aliphatic rings. The molecule has 4 rings (SSSR count). The average molecular weight is 469 g/mol. The number of allylic oxidation sites excluding steroid dienone is 1. The number of nitrogens with one attached hydrogen (secondary N) is 1. The molecule has 8 nitrogen and oxygen atoms in total. The fourth-order valence-corrected chi connectivity index (χ4v) is 5.34. The highest BCUT2D eigenvalue weighted by atomic mass is 16.5. The molecule has 0 saturated carbocycles. The zero-order chi connectivity index (χ0) is 24.5. The van der Waals surface area contributed by atoms with Crippen molar-refractivity contribution in [2.75, 3.05) is 7.11 Å². The first kappa shape index (κ1) is 23.9. The SMILES string of the molecule is COC(=O)[C@@]12C[C@H](CC(=O)NCc3ccc(C)o3)C(=O)N(Cc3ccco3)C1=CCC(C)(C)C2. The van der Waals surface area contributed by atoms with Gasteiger partial charge in [-0.1, -0.05) is 19.9 Å². The summed E-state index contributed by atoms with van der Waals surface area (Å²) in [5.74, 6) is 0.512. The quantitative estimate of drug-likeness (QED) is 0.614. The van der Waals surface area contributed by atoms with Crippen LogP contribution in [0.3, 0.4) is 0 Å². The summed E-state index contributed by atoms with van der Waals surface area (Å²) in [4.78, 5) is 41.3. The van der Waals surface area contributed by atoms with E-state index in [0.717, 1.165) is 12.2 Å². The van der Waals surface area contributed by atoms with Gasteiger partial charge in [0.1, 0.15) is 22.7 Å². The molecule has 0 bridgehead atoms. The fourth-order valence-electron chi connectivity index (χ4n) is 5.34. The van der Waals surface area contributed by atoms with Crippen molar-refractivity contribution in [3.63, 3.8) is 0 Å². The third kappa shape index (κ3) is 4.67. The Morgan fingerprint density at radius 1 is 1.24 bits per heavy atom. The Kier molecular flexibility index (Phi) is 6.43. The first-order chi connectivity index (χ1) is 16.1. The summed E-state index contributed by atoms with van der Waals surface area (Å²) in [6, 6.07) is 7.19. The first-order valence-electron chi connectivity index (χ1n) is 11.6. The van der Waals surface area contributed by atoms with Gasteiger partial charge in [-0.15, -0.1) is 0 Å². The molecular formula is C26H32N2O6. The molecule has 1 fully saturated rings. The number of hydrogen-bond donors (Lipinski definition) is 1. The number of fused-ring (bicyclic) bond motifs is 1. The lowest BCUT2D eigenvalue weighted by Gasteiger charge is -2.51. The van der Waals surface area contributed by atoms with Gasteiger partial charge in [-0.05, 0) is 55.9 Å². The molecule has 2 aromatic heterocycles. The van der Waals surface area contributed by atoms with Crippen LogP contribution < -0.4 is 5.32 Å². The van der Waals surface area contributed by atoms with Crippen molar-refractivity contribution in [3.8, 4) is 0 Å². The molecule has 182 valence electrons. The third-order valence-electron chi connectivity index (χ3n) is 6.78. The number of rotatable bonds is 7. The van der Waals surface area contributed by atoms with Crippen molar-refractivity contribution >= 4 is 17.8 Å². The zero-order valence-electron chi connectivity index (χ0n) is 20.2. The Morgan fingerprint density at radius 2 is 2.03 bits per heavy atom. The van der Waals surface area contributed by atoms with Crippen LogP contribution in [0.2, 0.25) is 0 Å². The second-order valence-electron chi connectivity index (χ2n) is 10.1. The molecular weight excluding hydrogens is 436 g/mol. The predicted octanol–water partition coefficient (Wildman–Crippen LogP) is 4.10. The second-order valence-corrected chi connectivity index (χ2v) is 10.1. The summed E-state index contributed by atoms with van der Waals surface area (Å²) >= 11 is 0. The summed E-state index contributed by atoms with van der Waals surface area (Å²) in [6.45, 7) is 6.48. The topological polar surface area (TPSA) is 102 Å². The minimum Gasteiger partial charge on any atom is -0.468 e. The Labute approximate surface area is 199 Å². The van der Waals surface area contributed by atoms with E-state index >= 15 is 0 Å². The average Bonchev–Trinajstić information content (AvgIpc) is 3.45. The summed E-state index contributed by atoms with van der Waals surface area (Å²) in [5, 5.41) is 2.83. The van der Waals surface area contributed by atoms with Crippen LogP contribution in [0.25, 0.3) is 0 Å². The summed E-state index contributed by atoms with van der Waals surface area (Å²) in [6.07, 6.45) is 5.00. The van der Waals surface area contributed by atoms with Gasteiger partial charge in [0.05, 0.1) is 26.5 Å². The number of aryl methyl sites for hydroxylation is 1. The van der Waals surface area contributed by atoms with Crippen LogP contribution in [0.1, 0.15) is 56.8 Å². The van der Waals surface area contributed by atoms with Gasteiger partial charge in [-0.3, -0.25) is 14.4 Å². The number of carbonyl (C=O) groups excluding carboxylic acids is 3. The minimum absolute atomic E-state index is 0.0281. The number of amides is 2. The van der Waals surface area contributed by atoms with E-state index in [0.29, 0.717) is 23.6 Å². The summed E-state index contributed by atoms with van der Waals surface area (Å²) < 4.78 is 16.3. The minimum atomic E-state index is -1.000. The predicted molar refractivity (Wildman–Crippen MR) is 123 cm³/mol. The van der Waals surface area contributed by atoms with Crippen LogP contribution >= 0.6 is 0 Å². The Balaban J connectivity index is 1.62. The summed E-state index contributed by atoms with van der Waals surface area (Å²) in [7, 11) is 1.37. The van der Waals surface area contributed by atoms with Gasteiger partial charge in [0.15, 0.2) is 0 Å². The van der Waals surface area contributed by atoms with Gasteiger partial charge in [-0.25, -0.2) is 0 Å². The van der Waals surface area contributed by atoms with E-state index in [9.17, 15) is 14.4 Å². The molecule has 34 heavy (non-hydrogen) atoms. The molecule has 2 amide bonds. The van der Waals surface area contributed by atoms with E-state index in [1.54, 1.807) is 29.4 Å². The number of likely N-dealkylation sites (tertiary alicyclic amines) is 1. The fraction of sp³-hybridized carbons (Fsp3) is 0.500. The van der Waals surface area contributed by atoms with Gasteiger partial charge in [0.2, 0.25) is 11.8 Å². The Morgan fingerprint density at radius 3 is 2.68 bits per heavy atom. The van der Waals surface area contributed by atoms with E-state index in [1.807, 2.05) is 19.1 Å². The number of piperidine rings is 1. The molecule has 2 atom stereocenters. The van der Waals surface area contributed by atoms with Gasteiger partial charge in [0, 0.05) is 18.0 Å². The highest BCUT2D eigenvalue weighted by Gasteiger charge is 2.57. The van der Waals surface area contributed by atoms with E-state index in [1.165, 1.54) is 7.11 Å². The van der Waals surface area contributed by atoms with Crippen molar-refractivity contribution in [2.45, 2.75) is 59.5 Å². The van der Waals surface area contributed by atoms with E-state index in [2.05, 4.69) is 19.2 Å². The molecule has 0 aromatic carbocycles. The van der Waals surface area contributed by atoms with Crippen LogP contribution in [-0.4, -0.2) is 29.8 Å². The molecule has 3 heterocycles. The number of methoxy groups -OCH3 is 1. The van der Waals surface area contributed by atoms with Gasteiger partial charge in [-0.2, -0.15) is 0 Å². The monoisotopic (exact) mass is 468 g/mol. The maximum Gasteiger partial charge on any atom is 0.317 e. The highest BCUT2D eigenvalue weighted by molar-refractivity contribution is 5.92. The molecule has 1 aliphatic heterocycles. The molecule has 1 saturated heterocycles. The van der Waals surface area contributed by atoms with Crippen molar-refractivity contribution in [1.29, 1.82) is 0 Å². The zero-order valence-corrected chi connectivity index (χ0v) is 20.2. The molecule has 0 unspecified atom stereocenters. The number of furan rings is 2. The number of esters is 1. The maximum atomic E-state index is 13.6. The van der Waals surface area contributed by atoms with Crippen LogP contribution in [0, 0.1) is 23.7 Å². The lowest BCUT2D eigenvalue weighted by atomic mass is 9.59. The standard InChI is InChI=1S/C26H32N2O6/c1-17-7-8-19(34-17)14-27-22(29)12-18-13-26(24(31)32-4)16-25(2,3)10-9-21(26)28(23(18)30)15-20-6-5-11-33-20/h5-9,11,18H,10,12-16H2,1-4H3,(H,27,29)/t18-,26+/m0/s1. The van der Waals surface area contributed by atoms with Crippen molar-refractivity contribution in [1.82, 2.24) is 10.2 Å². The van der Waals surface area contributed by atoms with Crippen LogP contribution in [0.4, 0.5) is 0 Å². The number of hydrogen-bond acceptors (Lipinski definition) is 6. The summed E-state index contributed by atoms with van der Waals surface area (Å²) in [5.41, 5.74) is -0.499. The molecule has 2 aromatic rings. The molecule has 0 spiro atoms. The van der Waals surface area contributed by atoms with Crippen molar-refractivity contribution in [3.05, 3.63) is 59.6 Å². The van der Waals surface area contributed by atoms with Crippen molar-refractivity contribution in [2.24, 2.45) is 16.7 Å². The van der Waals surface area contributed by atoms with Gasteiger partial charge in [0.25, 0.3) is 0 Å². The number of nitrogens with zero attached hydrogens (tertiary/aromatic N) is 1. The van der Waals surface area contributed by atoms with Gasteiger partial charge >= 0.3 is 5.97 Å². The van der Waals surface area contributed by atoms with E-state index < -0.39 is 11.3 Å². The molecule has 0 radical (unpaired) electrons. The van der Waals surface area contributed by atoms with Crippen molar-refractivity contribution < 1.29 is 28.0 Å². The largest absolute Gasteiger partial charge is 0.468 e. The first-order valence-corrected chi connectivity index (χ1v) is 11.6.